The molecule has 1 saturated heterocycles. The van der Waals surface area contributed by atoms with Crippen LogP contribution in [0.5, 0.6) is 5.75 Å². The summed E-state index contributed by atoms with van der Waals surface area (Å²) in [5.41, 5.74) is 4.43. The number of amides is 4. The summed E-state index contributed by atoms with van der Waals surface area (Å²) in [7, 11) is 0. The van der Waals surface area contributed by atoms with Crippen molar-refractivity contribution in [2.24, 2.45) is 11.1 Å². The molecule has 4 N–H and O–H groups in total. The van der Waals surface area contributed by atoms with E-state index in [1.54, 1.807) is 38.1 Å². The van der Waals surface area contributed by atoms with Gasteiger partial charge in [-0.1, -0.05) is 60.1 Å². The number of hydrogen-bond acceptors (Lipinski definition) is 7. The Labute approximate surface area is 248 Å². The van der Waals surface area contributed by atoms with Crippen molar-refractivity contribution in [2.45, 2.75) is 110 Å². The first-order valence-corrected chi connectivity index (χ1v) is 14.7. The summed E-state index contributed by atoms with van der Waals surface area (Å²) in [6.45, 7) is 11.5. The number of carbonyl (C=O) groups excluding carboxylic acids is 5. The molecule has 2 unspecified atom stereocenters. The Kier molecular flexibility index (Phi) is 12.5. The van der Waals surface area contributed by atoms with Crippen molar-refractivity contribution in [2.75, 3.05) is 13.2 Å². The Morgan fingerprint density at radius 3 is 2.38 bits per heavy atom. The fourth-order valence-electron chi connectivity index (χ4n) is 4.90. The van der Waals surface area contributed by atoms with Crippen LogP contribution in [0.15, 0.2) is 24.3 Å². The molecule has 4 amide bonds. The van der Waals surface area contributed by atoms with E-state index in [4.69, 9.17) is 10.5 Å². The molecule has 0 spiro atoms. The molecule has 3 atom stereocenters. The Hall–Kier alpha value is -3.47. The lowest BCUT2D eigenvalue weighted by Gasteiger charge is -2.32. The molecular weight excluding hydrogens is 540 g/mol. The Morgan fingerprint density at radius 1 is 1.10 bits per heavy atom. The van der Waals surface area contributed by atoms with Crippen molar-refractivity contribution < 1.29 is 33.8 Å². The number of nitrogens with zero attached hydrogens (tertiary/aromatic N) is 1. The highest BCUT2D eigenvalue weighted by Crippen LogP contribution is 2.25. The van der Waals surface area contributed by atoms with Crippen LogP contribution in [-0.4, -0.2) is 71.2 Å². The normalized spacial score (nSPS) is 16.8. The third-order valence-electron chi connectivity index (χ3n) is 6.98. The minimum atomic E-state index is -1.12. The van der Waals surface area contributed by atoms with E-state index in [2.05, 4.69) is 10.6 Å². The molecule has 0 saturated carbocycles. The Balaban J connectivity index is 2.13. The third kappa shape index (κ3) is 11.4. The molecule has 11 heteroatoms. The average Bonchev–Trinajstić information content (AvgIpc) is 3.36. The molecule has 0 aromatic heterocycles. The maximum atomic E-state index is 13.8. The molecule has 1 heterocycles. The largest absolute Gasteiger partial charge is 0.850 e. The van der Waals surface area contributed by atoms with Crippen molar-refractivity contribution in [3.63, 3.8) is 0 Å². The number of Topliss-reactive ketones (excluding diaryl/α,β-unsaturated/α-hetero) is 1. The van der Waals surface area contributed by atoms with Gasteiger partial charge in [-0.2, -0.15) is 0 Å². The van der Waals surface area contributed by atoms with Crippen LogP contribution >= 0.6 is 0 Å². The number of likely N-dealkylation sites (tertiary alicyclic amines) is 1. The van der Waals surface area contributed by atoms with E-state index in [1.165, 1.54) is 4.90 Å². The Bertz CT molecular complexity index is 1120. The van der Waals surface area contributed by atoms with Gasteiger partial charge in [0.1, 0.15) is 17.8 Å². The van der Waals surface area contributed by atoms with E-state index >= 15 is 0 Å². The van der Waals surface area contributed by atoms with Gasteiger partial charge in [-0.15, -0.1) is 5.60 Å². The smallest absolute Gasteiger partial charge is 0.287 e. The molecule has 0 radical (unpaired) electrons. The number of benzene rings is 1. The van der Waals surface area contributed by atoms with Gasteiger partial charge in [-0.05, 0) is 55.2 Å². The quantitative estimate of drug-likeness (QED) is 0.260. The molecule has 1 fully saturated rings. The van der Waals surface area contributed by atoms with Crippen molar-refractivity contribution in [1.82, 2.24) is 15.5 Å². The topological polar surface area (TPSA) is 171 Å². The summed E-state index contributed by atoms with van der Waals surface area (Å²) in [5, 5.41) is 17.3. The molecular formula is C31H47N4O7-. The molecule has 1 aromatic carbocycles. The summed E-state index contributed by atoms with van der Waals surface area (Å²) < 4.78 is 5.68. The van der Waals surface area contributed by atoms with E-state index in [-0.39, 0.29) is 36.7 Å². The van der Waals surface area contributed by atoms with Crippen molar-refractivity contribution in [1.29, 1.82) is 0 Å². The number of ether oxygens (including phenoxy) is 1. The maximum Gasteiger partial charge on any atom is 0.287 e. The van der Waals surface area contributed by atoms with E-state index < -0.39 is 41.3 Å². The van der Waals surface area contributed by atoms with Gasteiger partial charge in [-0.25, -0.2) is 0 Å². The highest BCUT2D eigenvalue weighted by Gasteiger charge is 2.40. The summed E-state index contributed by atoms with van der Waals surface area (Å²) in [6.07, 6.45) is 2.46. The number of nitrogens with one attached hydrogen (secondary N) is 2. The van der Waals surface area contributed by atoms with E-state index in [0.717, 1.165) is 0 Å². The zero-order valence-electron chi connectivity index (χ0n) is 25.8. The monoisotopic (exact) mass is 587 g/mol. The molecule has 1 aliphatic rings. The zero-order valence-corrected chi connectivity index (χ0v) is 25.8. The van der Waals surface area contributed by atoms with Crippen LogP contribution < -0.4 is 26.2 Å². The standard InChI is InChI=1S/C31H47N4O7/c1-7-10-22(26(37)27(32)38)34-28(39)24-13-9-15-35(24)29(40)23(19-30(2,3)4)33-25(36)18-20-11-8-12-21(17-20)42-16-14-31(5,6)41/h8,11-12,17,22-24H,7,9-10,13-16,18-19H2,1-6H3,(H2,32,38)(H,33,36)(H,34,39)/q-1/t22?,23?,24-/m0/s1. The highest BCUT2D eigenvalue weighted by molar-refractivity contribution is 6.37. The number of carbonyl (C=O) groups is 5. The van der Waals surface area contributed by atoms with Crippen LogP contribution in [0, 0.1) is 5.41 Å². The first-order chi connectivity index (χ1) is 19.5. The molecule has 42 heavy (non-hydrogen) atoms. The van der Waals surface area contributed by atoms with Gasteiger partial charge in [0, 0.05) is 6.54 Å². The Morgan fingerprint density at radius 2 is 1.79 bits per heavy atom. The molecule has 11 nitrogen and oxygen atoms in total. The molecule has 1 aliphatic heterocycles. The van der Waals surface area contributed by atoms with Crippen LogP contribution in [0.25, 0.3) is 0 Å². The number of primary amides is 1. The zero-order chi connectivity index (χ0) is 31.7. The van der Waals surface area contributed by atoms with Crippen molar-refractivity contribution in [3.05, 3.63) is 29.8 Å². The number of rotatable bonds is 15. The van der Waals surface area contributed by atoms with Gasteiger partial charge in [0.15, 0.2) is 0 Å². The minimum absolute atomic E-state index is 0.00993. The number of nitrogens with two attached hydrogens (primary N) is 1. The number of ketones is 1. The van der Waals surface area contributed by atoms with Crippen LogP contribution in [-0.2, 0) is 30.4 Å². The van der Waals surface area contributed by atoms with Crippen LogP contribution in [0.2, 0.25) is 0 Å². The second kappa shape index (κ2) is 15.1. The molecule has 234 valence electrons. The summed E-state index contributed by atoms with van der Waals surface area (Å²) in [5.74, 6) is -2.69. The van der Waals surface area contributed by atoms with Crippen LogP contribution in [0.4, 0.5) is 0 Å². The molecule has 0 bridgehead atoms. The second-order valence-electron chi connectivity index (χ2n) is 12.8. The maximum absolute atomic E-state index is 13.8. The van der Waals surface area contributed by atoms with Gasteiger partial charge >= 0.3 is 0 Å². The van der Waals surface area contributed by atoms with Crippen LogP contribution in [0.1, 0.15) is 85.6 Å². The lowest BCUT2D eigenvalue weighted by molar-refractivity contribution is -0.467. The predicted molar refractivity (Wildman–Crippen MR) is 156 cm³/mol. The fraction of sp³-hybridized carbons (Fsp3) is 0.645. The fourth-order valence-corrected chi connectivity index (χ4v) is 4.90. The first-order valence-electron chi connectivity index (χ1n) is 14.7. The van der Waals surface area contributed by atoms with Gasteiger partial charge in [0.25, 0.3) is 5.91 Å². The van der Waals surface area contributed by atoms with Gasteiger partial charge in [0.2, 0.25) is 23.5 Å². The number of hydrogen-bond donors (Lipinski definition) is 3. The second-order valence-corrected chi connectivity index (χ2v) is 12.8. The summed E-state index contributed by atoms with van der Waals surface area (Å²) >= 11 is 0. The highest BCUT2D eigenvalue weighted by atomic mass is 16.5. The lowest BCUT2D eigenvalue weighted by Crippen LogP contribution is -2.56. The summed E-state index contributed by atoms with van der Waals surface area (Å²) in [4.78, 5) is 65.2. The third-order valence-corrected chi connectivity index (χ3v) is 6.98. The van der Waals surface area contributed by atoms with Crippen LogP contribution in [0.3, 0.4) is 0 Å². The average molecular weight is 588 g/mol. The van der Waals surface area contributed by atoms with E-state index in [9.17, 15) is 29.1 Å². The summed E-state index contributed by atoms with van der Waals surface area (Å²) in [6, 6.07) is 4.29. The molecule has 0 aliphatic carbocycles. The van der Waals surface area contributed by atoms with Crippen molar-refractivity contribution in [3.8, 4) is 5.75 Å². The predicted octanol–water partition coefficient (Wildman–Crippen LogP) is 1.39. The van der Waals surface area contributed by atoms with E-state index in [0.29, 0.717) is 50.0 Å². The lowest BCUT2D eigenvalue weighted by atomic mass is 9.87. The van der Waals surface area contributed by atoms with Gasteiger partial charge in [0.05, 0.1) is 19.1 Å². The molecule has 1 aromatic rings. The van der Waals surface area contributed by atoms with Gasteiger partial charge < -0.3 is 31.1 Å². The molecule has 2 rings (SSSR count). The van der Waals surface area contributed by atoms with Gasteiger partial charge in [-0.3, -0.25) is 24.0 Å². The van der Waals surface area contributed by atoms with E-state index in [1.807, 2.05) is 27.7 Å². The first kappa shape index (κ1) is 34.7. The van der Waals surface area contributed by atoms with Crippen molar-refractivity contribution >= 4 is 29.4 Å². The SMILES string of the molecule is CCCC(NC(=O)[C@@H]1CCCN1C(=O)C(CC(C)(C)C)NC(=O)Cc1cccc(OCCC(C)(C)[O-])c1)C(=O)C(N)=O. The minimum Gasteiger partial charge on any atom is -0.850 e.